The summed E-state index contributed by atoms with van der Waals surface area (Å²) in [7, 11) is 3.65. The van der Waals surface area contributed by atoms with Crippen LogP contribution in [0.15, 0.2) is 24.3 Å². The van der Waals surface area contributed by atoms with Crippen molar-refractivity contribution in [3.05, 3.63) is 35.4 Å². The molecule has 4 nitrogen and oxygen atoms in total. The van der Waals surface area contributed by atoms with Gasteiger partial charge < -0.3 is 14.9 Å². The Labute approximate surface area is 131 Å². The zero-order valence-corrected chi connectivity index (χ0v) is 13.2. The molecule has 1 saturated carbocycles. The summed E-state index contributed by atoms with van der Waals surface area (Å²) in [5.74, 6) is 0.684. The number of fused-ring (bicyclic) bond motifs is 1. The summed E-state index contributed by atoms with van der Waals surface area (Å²) in [6.07, 6.45) is 7.76. The number of aliphatic hydroxyl groups is 1. The first kappa shape index (κ1) is 14.1. The number of phenols is 1. The molecule has 2 bridgehead atoms. The maximum Gasteiger partial charge on any atom is 0.162 e. The number of aromatic hydroxyl groups is 1. The Morgan fingerprint density at radius 3 is 2.91 bits per heavy atom. The Morgan fingerprint density at radius 1 is 1.32 bits per heavy atom. The minimum atomic E-state index is -0.814. The fourth-order valence-corrected chi connectivity index (χ4v) is 5.12. The molecule has 4 rings (SSSR count). The maximum atomic E-state index is 11.6. The molecule has 3 aliphatic rings. The number of methoxy groups -OCH3 is 1. The molecule has 2 N–H and O–H groups in total. The highest BCUT2D eigenvalue weighted by Gasteiger charge is 2.63. The molecule has 0 unspecified atom stereocenters. The van der Waals surface area contributed by atoms with Gasteiger partial charge in [-0.15, -0.1) is 0 Å². The van der Waals surface area contributed by atoms with E-state index in [0.717, 1.165) is 43.4 Å². The van der Waals surface area contributed by atoms with Crippen molar-refractivity contribution in [3.8, 4) is 11.5 Å². The molecule has 3 atom stereocenters. The minimum Gasteiger partial charge on any atom is -0.504 e. The van der Waals surface area contributed by atoms with E-state index >= 15 is 0 Å². The number of phenolic OH excluding ortho intramolecular Hbond substituents is 1. The van der Waals surface area contributed by atoms with E-state index in [9.17, 15) is 10.2 Å². The van der Waals surface area contributed by atoms with E-state index in [1.807, 2.05) is 12.1 Å². The lowest BCUT2D eigenvalue weighted by atomic mass is 9.63. The average molecular weight is 301 g/mol. The van der Waals surface area contributed by atoms with Crippen molar-refractivity contribution >= 4 is 0 Å². The van der Waals surface area contributed by atoms with Gasteiger partial charge in [0.05, 0.1) is 12.7 Å². The van der Waals surface area contributed by atoms with Gasteiger partial charge in [0.25, 0.3) is 0 Å². The highest BCUT2D eigenvalue weighted by atomic mass is 16.5. The van der Waals surface area contributed by atoms with Crippen molar-refractivity contribution in [3.63, 3.8) is 0 Å². The number of rotatable bonds is 1. The van der Waals surface area contributed by atoms with Crippen LogP contribution in [0, 0.1) is 0 Å². The van der Waals surface area contributed by atoms with Crippen LogP contribution in [-0.2, 0) is 12.0 Å². The van der Waals surface area contributed by atoms with Crippen molar-refractivity contribution in [1.82, 2.24) is 4.90 Å². The van der Waals surface area contributed by atoms with Gasteiger partial charge in [-0.1, -0.05) is 18.2 Å². The van der Waals surface area contributed by atoms with Crippen molar-refractivity contribution < 1.29 is 14.9 Å². The fraction of sp³-hybridized carbons (Fsp3) is 0.556. The molecule has 22 heavy (non-hydrogen) atoms. The van der Waals surface area contributed by atoms with Gasteiger partial charge in [-0.2, -0.15) is 0 Å². The third kappa shape index (κ3) is 1.49. The SMILES string of the molecule is COc1ccc2c(c1O)[C@]13C=CCC[C@]1(O)[C@H](CC3)N(C)C2. The van der Waals surface area contributed by atoms with Crippen LogP contribution in [-0.4, -0.2) is 40.9 Å². The molecule has 0 amide bonds. The summed E-state index contributed by atoms with van der Waals surface area (Å²) in [5, 5.41) is 22.4. The molecule has 118 valence electrons. The highest BCUT2D eigenvalue weighted by Crippen LogP contribution is 2.60. The van der Waals surface area contributed by atoms with Crippen LogP contribution < -0.4 is 4.74 Å². The van der Waals surface area contributed by atoms with Crippen molar-refractivity contribution in [2.75, 3.05) is 14.2 Å². The lowest BCUT2D eigenvalue weighted by molar-refractivity contribution is -0.0600. The van der Waals surface area contributed by atoms with E-state index in [2.05, 4.69) is 24.1 Å². The second-order valence-electron chi connectivity index (χ2n) is 6.96. The van der Waals surface area contributed by atoms with Gasteiger partial charge in [-0.3, -0.25) is 4.90 Å². The van der Waals surface area contributed by atoms with E-state index in [0.29, 0.717) is 5.75 Å². The predicted octanol–water partition coefficient (Wildman–Crippen LogP) is 2.33. The van der Waals surface area contributed by atoms with Crippen LogP contribution in [0.1, 0.15) is 36.8 Å². The summed E-state index contributed by atoms with van der Waals surface area (Å²) in [5.41, 5.74) is 0.658. The molecule has 2 aliphatic carbocycles. The standard InChI is InChI=1S/C18H23NO3/c1-19-11-12-5-6-13(22-2)16(20)15(12)17-8-3-4-9-18(17,21)14(19)7-10-17/h3,5-6,8,14,20-21H,4,7,9-11H2,1-2H3/t14-,17+,18-/m0/s1. The number of ether oxygens (including phenoxy) is 1. The first-order chi connectivity index (χ1) is 10.5. The van der Waals surface area contributed by atoms with Crippen LogP contribution in [0.2, 0.25) is 0 Å². The molecule has 1 aromatic rings. The Morgan fingerprint density at radius 2 is 2.14 bits per heavy atom. The molecule has 1 aliphatic heterocycles. The van der Waals surface area contributed by atoms with E-state index < -0.39 is 11.0 Å². The van der Waals surface area contributed by atoms with Crippen LogP contribution in [0.4, 0.5) is 0 Å². The van der Waals surface area contributed by atoms with Gasteiger partial charge in [0.1, 0.15) is 0 Å². The molecule has 0 aromatic heterocycles. The second-order valence-corrected chi connectivity index (χ2v) is 6.96. The monoisotopic (exact) mass is 301 g/mol. The van der Waals surface area contributed by atoms with Crippen LogP contribution in [0.3, 0.4) is 0 Å². The molecule has 1 fully saturated rings. The number of hydrogen-bond acceptors (Lipinski definition) is 4. The highest BCUT2D eigenvalue weighted by molar-refractivity contribution is 5.59. The fourth-order valence-electron chi connectivity index (χ4n) is 5.12. The average Bonchev–Trinajstić information content (AvgIpc) is 2.76. The van der Waals surface area contributed by atoms with E-state index in [1.54, 1.807) is 7.11 Å². The lowest BCUT2D eigenvalue weighted by Crippen LogP contribution is -2.56. The van der Waals surface area contributed by atoms with E-state index in [4.69, 9.17) is 4.74 Å². The molecule has 0 spiro atoms. The molecule has 0 radical (unpaired) electrons. The predicted molar refractivity (Wildman–Crippen MR) is 84.1 cm³/mol. The molecule has 4 heteroatoms. The number of nitrogens with zero attached hydrogens (tertiary/aromatic N) is 1. The molecule has 0 saturated heterocycles. The number of likely N-dealkylation sites (N-methyl/N-ethyl adjacent to an activating group) is 1. The van der Waals surface area contributed by atoms with Crippen LogP contribution in [0.5, 0.6) is 11.5 Å². The zero-order valence-electron chi connectivity index (χ0n) is 13.2. The quantitative estimate of drug-likeness (QED) is 0.782. The third-order valence-electron chi connectivity index (χ3n) is 6.08. The molecule has 1 heterocycles. The van der Waals surface area contributed by atoms with E-state index in [1.165, 1.54) is 0 Å². The zero-order chi connectivity index (χ0) is 15.5. The van der Waals surface area contributed by atoms with Gasteiger partial charge in [-0.25, -0.2) is 0 Å². The number of hydrogen-bond donors (Lipinski definition) is 2. The second kappa shape index (κ2) is 4.49. The molecular formula is C18H23NO3. The Hall–Kier alpha value is -1.52. The van der Waals surface area contributed by atoms with Gasteiger partial charge in [-0.05, 0) is 44.4 Å². The lowest BCUT2D eigenvalue weighted by Gasteiger charge is -2.46. The third-order valence-corrected chi connectivity index (χ3v) is 6.08. The normalized spacial score (nSPS) is 36.6. The van der Waals surface area contributed by atoms with Crippen LogP contribution in [0.25, 0.3) is 0 Å². The Kier molecular flexibility index (Phi) is 2.88. The summed E-state index contributed by atoms with van der Waals surface area (Å²) < 4.78 is 5.33. The molecular weight excluding hydrogens is 278 g/mol. The van der Waals surface area contributed by atoms with Crippen molar-refractivity contribution in [2.45, 2.75) is 49.3 Å². The Bertz CT molecular complexity index is 656. The van der Waals surface area contributed by atoms with Gasteiger partial charge >= 0.3 is 0 Å². The minimum absolute atomic E-state index is 0.134. The van der Waals surface area contributed by atoms with Gasteiger partial charge in [0.2, 0.25) is 0 Å². The first-order valence-electron chi connectivity index (χ1n) is 8.03. The summed E-state index contributed by atoms with van der Waals surface area (Å²) in [6, 6.07) is 3.99. The van der Waals surface area contributed by atoms with Crippen molar-refractivity contribution in [2.24, 2.45) is 0 Å². The molecule has 1 aromatic carbocycles. The van der Waals surface area contributed by atoms with Gasteiger partial charge in [0.15, 0.2) is 11.5 Å². The number of allylic oxidation sites excluding steroid dienone is 1. The number of benzene rings is 1. The maximum absolute atomic E-state index is 11.6. The Balaban J connectivity index is 2.05. The summed E-state index contributed by atoms with van der Waals surface area (Å²) in [4.78, 5) is 2.25. The topological polar surface area (TPSA) is 52.9 Å². The van der Waals surface area contributed by atoms with E-state index in [-0.39, 0.29) is 11.8 Å². The van der Waals surface area contributed by atoms with Crippen LogP contribution >= 0.6 is 0 Å². The van der Waals surface area contributed by atoms with Crippen molar-refractivity contribution in [1.29, 1.82) is 0 Å². The summed E-state index contributed by atoms with van der Waals surface area (Å²) >= 11 is 0. The smallest absolute Gasteiger partial charge is 0.162 e. The summed E-state index contributed by atoms with van der Waals surface area (Å²) in [6.45, 7) is 0.745. The first-order valence-corrected chi connectivity index (χ1v) is 8.03. The van der Waals surface area contributed by atoms with Gasteiger partial charge in [0, 0.05) is 23.6 Å². The largest absolute Gasteiger partial charge is 0.504 e.